The standard InChI is InChI=1S/C10Cl2F4O2/c11-10(12)3-1-2(8(17)9(3)18)5(14)7(16)6(15)4(1)13. The largest absolute Gasteiger partial charge is 0.285 e. The Morgan fingerprint density at radius 1 is 0.722 bits per heavy atom. The van der Waals surface area contributed by atoms with Gasteiger partial charge in [0, 0.05) is 5.56 Å². The van der Waals surface area contributed by atoms with Crippen LogP contribution in [-0.4, -0.2) is 11.6 Å². The molecule has 1 aromatic carbocycles. The summed E-state index contributed by atoms with van der Waals surface area (Å²) in [4.78, 5) is 22.7. The molecule has 0 unspecified atom stereocenters. The molecule has 0 spiro atoms. The predicted octanol–water partition coefficient (Wildman–Crippen LogP) is 3.15. The fraction of sp³-hybridized carbons (Fsp3) is 0. The second kappa shape index (κ2) is 4.07. The van der Waals surface area contributed by atoms with Crippen LogP contribution in [0.2, 0.25) is 0 Å². The first kappa shape index (κ1) is 13.0. The first-order valence-corrected chi connectivity index (χ1v) is 5.05. The lowest BCUT2D eigenvalue weighted by Crippen LogP contribution is -2.09. The molecule has 94 valence electrons. The van der Waals surface area contributed by atoms with Crippen molar-refractivity contribution >= 4 is 40.3 Å². The molecule has 0 saturated heterocycles. The molecule has 0 aromatic heterocycles. The van der Waals surface area contributed by atoms with E-state index >= 15 is 0 Å². The maximum atomic E-state index is 13.5. The third-order valence-corrected chi connectivity index (χ3v) is 2.74. The summed E-state index contributed by atoms with van der Waals surface area (Å²) in [7, 11) is 0. The minimum Gasteiger partial charge on any atom is -0.285 e. The van der Waals surface area contributed by atoms with Crippen molar-refractivity contribution in [1.29, 1.82) is 0 Å². The van der Waals surface area contributed by atoms with Crippen LogP contribution >= 0.6 is 23.2 Å². The number of rotatable bonds is 0. The van der Waals surface area contributed by atoms with Gasteiger partial charge in [0.2, 0.25) is 11.6 Å². The molecule has 2 nitrogen and oxygen atoms in total. The highest BCUT2D eigenvalue weighted by molar-refractivity contribution is 6.71. The van der Waals surface area contributed by atoms with E-state index in [0.717, 1.165) is 0 Å². The Morgan fingerprint density at radius 3 is 1.61 bits per heavy atom. The molecule has 0 radical (unpaired) electrons. The molecule has 0 bridgehead atoms. The van der Waals surface area contributed by atoms with Crippen LogP contribution in [0.4, 0.5) is 17.6 Å². The Morgan fingerprint density at radius 2 is 1.17 bits per heavy atom. The van der Waals surface area contributed by atoms with E-state index < -0.39 is 56.0 Å². The van der Waals surface area contributed by atoms with Crippen molar-refractivity contribution in [3.05, 3.63) is 38.9 Å². The van der Waals surface area contributed by atoms with Crippen LogP contribution in [0.1, 0.15) is 15.9 Å². The highest BCUT2D eigenvalue weighted by atomic mass is 35.5. The van der Waals surface area contributed by atoms with E-state index in [-0.39, 0.29) is 0 Å². The highest BCUT2D eigenvalue weighted by Gasteiger charge is 2.43. The van der Waals surface area contributed by atoms with Crippen LogP contribution in [0.3, 0.4) is 0 Å². The number of Topliss-reactive ketones (excluding diaryl/α,β-unsaturated/α-hetero) is 2. The van der Waals surface area contributed by atoms with Crippen LogP contribution in [0, 0.1) is 23.3 Å². The molecule has 18 heavy (non-hydrogen) atoms. The summed E-state index contributed by atoms with van der Waals surface area (Å²) >= 11 is 10.5. The maximum absolute atomic E-state index is 13.5. The van der Waals surface area contributed by atoms with Crippen LogP contribution < -0.4 is 0 Å². The lowest BCUT2D eigenvalue weighted by molar-refractivity contribution is -0.109. The topological polar surface area (TPSA) is 34.1 Å². The summed E-state index contributed by atoms with van der Waals surface area (Å²) in [5.41, 5.74) is -3.14. The van der Waals surface area contributed by atoms with Gasteiger partial charge in [0.15, 0.2) is 23.3 Å². The first-order chi connectivity index (χ1) is 8.29. The minimum atomic E-state index is -2.18. The Balaban J connectivity index is 3.02. The van der Waals surface area contributed by atoms with Crippen LogP contribution in [-0.2, 0) is 4.79 Å². The molecule has 1 aliphatic carbocycles. The Labute approximate surface area is 107 Å². The number of carbonyl (C=O) groups excluding carboxylic acids is 2. The van der Waals surface area contributed by atoms with Gasteiger partial charge in [0.25, 0.3) is 0 Å². The molecule has 0 N–H and O–H groups in total. The Kier molecular flexibility index (Phi) is 2.95. The van der Waals surface area contributed by atoms with Gasteiger partial charge in [-0.05, 0) is 0 Å². The maximum Gasteiger partial charge on any atom is 0.237 e. The van der Waals surface area contributed by atoms with Crippen molar-refractivity contribution in [2.45, 2.75) is 0 Å². The van der Waals surface area contributed by atoms with Gasteiger partial charge in [-0.15, -0.1) is 0 Å². The summed E-state index contributed by atoms with van der Waals surface area (Å²) in [5.74, 6) is -11.1. The molecular weight excluding hydrogens is 299 g/mol. The van der Waals surface area contributed by atoms with Gasteiger partial charge in [-0.1, -0.05) is 23.2 Å². The second-order valence-electron chi connectivity index (χ2n) is 3.30. The zero-order valence-electron chi connectivity index (χ0n) is 8.08. The van der Waals surface area contributed by atoms with E-state index in [2.05, 4.69) is 0 Å². The van der Waals surface area contributed by atoms with Crippen LogP contribution in [0.25, 0.3) is 5.57 Å². The predicted molar refractivity (Wildman–Crippen MR) is 54.2 cm³/mol. The summed E-state index contributed by atoms with van der Waals surface area (Å²) in [6.45, 7) is 0. The van der Waals surface area contributed by atoms with Crippen molar-refractivity contribution in [3.63, 3.8) is 0 Å². The molecule has 1 aromatic rings. The summed E-state index contributed by atoms with van der Waals surface area (Å²) in [5, 5.41) is 0. The molecule has 8 heteroatoms. The van der Waals surface area contributed by atoms with E-state index in [9.17, 15) is 27.2 Å². The fourth-order valence-corrected chi connectivity index (χ4v) is 1.96. The smallest absolute Gasteiger partial charge is 0.237 e. The summed E-state index contributed by atoms with van der Waals surface area (Å²) in [6.07, 6.45) is 0. The van der Waals surface area contributed by atoms with E-state index in [0.29, 0.717) is 0 Å². The number of fused-ring (bicyclic) bond motifs is 1. The summed E-state index contributed by atoms with van der Waals surface area (Å²) < 4.78 is 51.9. The number of hydrogen-bond acceptors (Lipinski definition) is 2. The van der Waals surface area contributed by atoms with E-state index in [4.69, 9.17) is 23.2 Å². The third-order valence-electron chi connectivity index (χ3n) is 2.37. The summed E-state index contributed by atoms with van der Waals surface area (Å²) in [6, 6.07) is 0. The third kappa shape index (κ3) is 1.49. The highest BCUT2D eigenvalue weighted by Crippen LogP contribution is 2.39. The van der Waals surface area contributed by atoms with Gasteiger partial charge >= 0.3 is 0 Å². The number of benzene rings is 1. The van der Waals surface area contributed by atoms with Crippen molar-refractivity contribution in [2.24, 2.45) is 0 Å². The quantitative estimate of drug-likeness (QED) is 0.242. The van der Waals surface area contributed by atoms with E-state index in [1.807, 2.05) is 0 Å². The molecule has 0 atom stereocenters. The molecule has 0 fully saturated rings. The Bertz CT molecular complexity index is 648. The molecule has 0 amide bonds. The number of ketones is 2. The SMILES string of the molecule is O=C1C(=O)c2c(F)c(F)c(F)c(F)c2C1=C(Cl)Cl. The fourth-order valence-electron chi connectivity index (χ4n) is 1.60. The van der Waals surface area contributed by atoms with Gasteiger partial charge in [0.1, 0.15) is 4.49 Å². The van der Waals surface area contributed by atoms with Gasteiger partial charge < -0.3 is 0 Å². The van der Waals surface area contributed by atoms with E-state index in [1.54, 1.807) is 0 Å². The van der Waals surface area contributed by atoms with Gasteiger partial charge in [-0.2, -0.15) is 0 Å². The normalized spacial score (nSPS) is 14.2. The molecule has 0 aliphatic heterocycles. The number of carbonyl (C=O) groups is 2. The lowest BCUT2D eigenvalue weighted by Gasteiger charge is -2.04. The van der Waals surface area contributed by atoms with Crippen LogP contribution in [0.15, 0.2) is 4.49 Å². The zero-order valence-corrected chi connectivity index (χ0v) is 9.60. The van der Waals surface area contributed by atoms with Gasteiger partial charge in [-0.25, -0.2) is 17.6 Å². The van der Waals surface area contributed by atoms with E-state index in [1.165, 1.54) is 0 Å². The van der Waals surface area contributed by atoms with Crippen molar-refractivity contribution < 1.29 is 27.2 Å². The number of halogens is 6. The number of hydrogen-bond donors (Lipinski definition) is 0. The average Bonchev–Trinajstić information content (AvgIpc) is 2.57. The Hall–Kier alpha value is -1.40. The molecule has 1 aliphatic rings. The average molecular weight is 299 g/mol. The first-order valence-electron chi connectivity index (χ1n) is 4.29. The van der Waals surface area contributed by atoms with Gasteiger partial charge in [-0.3, -0.25) is 9.59 Å². The molecule has 0 heterocycles. The van der Waals surface area contributed by atoms with Crippen molar-refractivity contribution in [3.8, 4) is 0 Å². The number of allylic oxidation sites excluding steroid dienone is 1. The lowest BCUT2D eigenvalue weighted by atomic mass is 10.1. The van der Waals surface area contributed by atoms with Gasteiger partial charge in [0.05, 0.1) is 11.1 Å². The molecule has 2 rings (SSSR count). The molecule has 0 saturated carbocycles. The minimum absolute atomic E-state index is 0.837. The molecular formula is C10Cl2F4O2. The van der Waals surface area contributed by atoms with Crippen molar-refractivity contribution in [2.75, 3.05) is 0 Å². The monoisotopic (exact) mass is 298 g/mol. The van der Waals surface area contributed by atoms with Crippen LogP contribution in [0.5, 0.6) is 0 Å². The van der Waals surface area contributed by atoms with Crippen molar-refractivity contribution in [1.82, 2.24) is 0 Å². The zero-order chi connectivity index (χ0) is 13.8. The second-order valence-corrected chi connectivity index (χ2v) is 4.25.